The van der Waals surface area contributed by atoms with E-state index in [0.717, 1.165) is 11.0 Å². The highest BCUT2D eigenvalue weighted by molar-refractivity contribution is 5.99. The number of nitrogens with zero attached hydrogens (tertiary/aromatic N) is 3. The average Bonchev–Trinajstić information content (AvgIpc) is 3.15. The summed E-state index contributed by atoms with van der Waals surface area (Å²) in [5.41, 5.74) is -3.36. The highest BCUT2D eigenvalue weighted by Gasteiger charge is 2.47. The molecule has 14 heteroatoms. The molecule has 2 fully saturated rings. The number of anilines is 1. The number of benzene rings is 1. The van der Waals surface area contributed by atoms with E-state index in [4.69, 9.17) is 0 Å². The van der Waals surface area contributed by atoms with Crippen LogP contribution in [-0.4, -0.2) is 51.3 Å². The van der Waals surface area contributed by atoms with Crippen LogP contribution in [0.2, 0.25) is 0 Å². The molecule has 8 nitrogen and oxygen atoms in total. The molecule has 0 radical (unpaired) electrons. The van der Waals surface area contributed by atoms with Gasteiger partial charge in [-0.3, -0.25) is 23.9 Å². The maximum absolute atomic E-state index is 14.8. The van der Waals surface area contributed by atoms with Crippen LogP contribution in [0.4, 0.5) is 32.2 Å². The van der Waals surface area contributed by atoms with E-state index in [2.05, 4.69) is 4.98 Å². The van der Waals surface area contributed by atoms with Crippen LogP contribution in [0.5, 0.6) is 0 Å². The number of hydrogen-bond donors (Lipinski definition) is 2. The van der Waals surface area contributed by atoms with Crippen LogP contribution in [0.15, 0.2) is 35.3 Å². The highest BCUT2D eigenvalue weighted by atomic mass is 19.4. The fourth-order valence-corrected chi connectivity index (χ4v) is 4.81. The predicted octanol–water partition coefficient (Wildman–Crippen LogP) is 3.36. The molecule has 1 aliphatic heterocycles. The molecule has 206 valence electrons. The van der Waals surface area contributed by atoms with E-state index in [1.54, 1.807) is 0 Å². The fraction of sp³-hybridized carbons (Fsp3) is 0.360. The van der Waals surface area contributed by atoms with E-state index in [1.165, 1.54) is 6.07 Å². The van der Waals surface area contributed by atoms with Crippen molar-refractivity contribution >= 4 is 28.7 Å². The number of rotatable bonds is 5. The summed E-state index contributed by atoms with van der Waals surface area (Å²) in [7, 11) is 0. The van der Waals surface area contributed by atoms with E-state index in [-0.39, 0.29) is 31.6 Å². The van der Waals surface area contributed by atoms with Gasteiger partial charge in [0.15, 0.2) is 17.3 Å². The third-order valence-electron chi connectivity index (χ3n) is 6.94. The minimum Gasteiger partial charge on any atom is -0.391 e. The van der Waals surface area contributed by atoms with Gasteiger partial charge in [0.2, 0.25) is 11.3 Å². The molecule has 3 aromatic rings. The van der Waals surface area contributed by atoms with Crippen molar-refractivity contribution in [3.8, 4) is 5.69 Å². The van der Waals surface area contributed by atoms with Crippen LogP contribution < -0.4 is 15.6 Å². The van der Waals surface area contributed by atoms with E-state index in [9.17, 15) is 45.8 Å². The number of β-amino-alcohol motifs (C(OH)–C–C–N with tert-alkyl or cyclic N) is 1. The number of alkyl halides is 3. The molecule has 39 heavy (non-hydrogen) atoms. The molecular weight excluding hydrogens is 534 g/mol. The molecule has 2 amide bonds. The van der Waals surface area contributed by atoms with Gasteiger partial charge in [-0.2, -0.15) is 13.2 Å². The zero-order valence-electron chi connectivity index (χ0n) is 19.9. The first-order valence-corrected chi connectivity index (χ1v) is 11.9. The van der Waals surface area contributed by atoms with Crippen LogP contribution in [-0.2, 0) is 4.79 Å². The topological polar surface area (TPSA) is 105 Å². The van der Waals surface area contributed by atoms with Gasteiger partial charge in [0.05, 0.1) is 24.5 Å². The lowest BCUT2D eigenvalue weighted by Crippen LogP contribution is -2.52. The van der Waals surface area contributed by atoms with E-state index >= 15 is 0 Å². The Balaban J connectivity index is 1.69. The second-order valence-electron chi connectivity index (χ2n) is 9.55. The molecule has 1 saturated carbocycles. The number of nitrogens with one attached hydrogen (secondary N) is 1. The molecule has 1 unspecified atom stereocenters. The Morgan fingerprint density at radius 2 is 1.77 bits per heavy atom. The molecule has 2 atom stereocenters. The van der Waals surface area contributed by atoms with Gasteiger partial charge in [0, 0.05) is 18.3 Å². The Labute approximate surface area is 215 Å². The summed E-state index contributed by atoms with van der Waals surface area (Å²) in [6.45, 7) is -0.151. The zero-order chi connectivity index (χ0) is 28.2. The van der Waals surface area contributed by atoms with Gasteiger partial charge < -0.3 is 10.4 Å². The molecule has 0 bridgehead atoms. The van der Waals surface area contributed by atoms with Crippen molar-refractivity contribution in [3.05, 3.63) is 63.7 Å². The van der Waals surface area contributed by atoms with Gasteiger partial charge in [-0.25, -0.2) is 18.2 Å². The Hall–Kier alpha value is -3.94. The van der Waals surface area contributed by atoms with E-state index < -0.39 is 81.2 Å². The minimum atomic E-state index is -4.81. The van der Waals surface area contributed by atoms with Gasteiger partial charge >= 0.3 is 6.18 Å². The standard InChI is InChI=1S/C25H20F6N4O4/c26-12-6-16(27)20(17(28)7-12)35-10-15(24(39)33-22(25(29,30)31)11-2-1-3-11)21(38)14-4-5-18(32-23(14)35)34-9-13(36)8-19(34)37/h4-7,10-11,13,22,36H,1-3,8-9H2,(H,33,39)/t13-,22?/m0/s1. The molecule has 1 saturated heterocycles. The van der Waals surface area contributed by atoms with Gasteiger partial charge in [-0.05, 0) is 30.9 Å². The van der Waals surface area contributed by atoms with Gasteiger partial charge in [0.1, 0.15) is 28.9 Å². The summed E-state index contributed by atoms with van der Waals surface area (Å²) in [6.07, 6.45) is -4.42. The van der Waals surface area contributed by atoms with Crippen LogP contribution >= 0.6 is 0 Å². The number of amides is 2. The lowest BCUT2D eigenvalue weighted by molar-refractivity contribution is -0.171. The Morgan fingerprint density at radius 1 is 1.10 bits per heavy atom. The van der Waals surface area contributed by atoms with Gasteiger partial charge in [0.25, 0.3) is 5.91 Å². The molecule has 2 aromatic heterocycles. The zero-order valence-corrected chi connectivity index (χ0v) is 19.9. The SMILES string of the molecule is O=C(NC(C1CCC1)C(F)(F)F)c1cn(-c2c(F)cc(F)cc2F)c2nc(N3C[C@@H](O)CC3=O)ccc2c1=O. The number of aliphatic hydroxyl groups excluding tert-OH is 1. The highest BCUT2D eigenvalue weighted by Crippen LogP contribution is 2.37. The first-order chi connectivity index (χ1) is 18.3. The van der Waals surface area contributed by atoms with Crippen molar-refractivity contribution in [2.75, 3.05) is 11.4 Å². The number of hydrogen-bond acceptors (Lipinski definition) is 5. The van der Waals surface area contributed by atoms with Crippen molar-refractivity contribution in [2.45, 2.75) is 44.0 Å². The largest absolute Gasteiger partial charge is 0.408 e. The summed E-state index contributed by atoms with van der Waals surface area (Å²) in [4.78, 5) is 43.7. The summed E-state index contributed by atoms with van der Waals surface area (Å²) < 4.78 is 84.9. The van der Waals surface area contributed by atoms with Crippen molar-refractivity contribution in [2.24, 2.45) is 5.92 Å². The molecule has 0 spiro atoms. The molecular formula is C25H20F6N4O4. The minimum absolute atomic E-state index is 0.0977. The number of halogens is 6. The maximum atomic E-state index is 14.8. The average molecular weight is 554 g/mol. The Bertz CT molecular complexity index is 1530. The molecule has 2 N–H and O–H groups in total. The summed E-state index contributed by atoms with van der Waals surface area (Å²) in [5.74, 6) is -7.10. The molecule has 2 aliphatic rings. The van der Waals surface area contributed by atoms with Crippen molar-refractivity contribution < 1.29 is 41.0 Å². The maximum Gasteiger partial charge on any atom is 0.408 e. The normalized spacial score (nSPS) is 18.9. The number of pyridine rings is 2. The van der Waals surface area contributed by atoms with Crippen molar-refractivity contribution in [1.82, 2.24) is 14.9 Å². The lowest BCUT2D eigenvalue weighted by Gasteiger charge is -2.35. The first-order valence-electron chi connectivity index (χ1n) is 11.9. The molecule has 3 heterocycles. The lowest BCUT2D eigenvalue weighted by atomic mass is 9.79. The Kier molecular flexibility index (Phi) is 6.61. The predicted molar refractivity (Wildman–Crippen MR) is 125 cm³/mol. The smallest absolute Gasteiger partial charge is 0.391 e. The van der Waals surface area contributed by atoms with Gasteiger partial charge in [-0.15, -0.1) is 0 Å². The monoisotopic (exact) mass is 554 g/mol. The van der Waals surface area contributed by atoms with Crippen LogP contribution in [0, 0.1) is 23.4 Å². The second kappa shape index (κ2) is 9.67. The summed E-state index contributed by atoms with van der Waals surface area (Å²) in [6, 6.07) is 0.716. The van der Waals surface area contributed by atoms with Crippen molar-refractivity contribution in [3.63, 3.8) is 0 Å². The van der Waals surface area contributed by atoms with Crippen molar-refractivity contribution in [1.29, 1.82) is 0 Å². The number of aromatic nitrogens is 2. The number of fused-ring (bicyclic) bond motifs is 1. The number of aliphatic hydroxyl groups is 1. The van der Waals surface area contributed by atoms with Gasteiger partial charge in [-0.1, -0.05) is 6.42 Å². The Morgan fingerprint density at radius 3 is 2.31 bits per heavy atom. The quantitative estimate of drug-likeness (QED) is 0.471. The van der Waals surface area contributed by atoms with Crippen LogP contribution in [0.25, 0.3) is 16.7 Å². The second-order valence-corrected chi connectivity index (χ2v) is 9.55. The van der Waals surface area contributed by atoms with E-state index in [0.29, 0.717) is 29.3 Å². The third kappa shape index (κ3) is 4.84. The van der Waals surface area contributed by atoms with Crippen LogP contribution in [0.1, 0.15) is 36.0 Å². The fourth-order valence-electron chi connectivity index (χ4n) is 4.81. The number of carbonyl (C=O) groups is 2. The number of carbonyl (C=O) groups excluding carboxylic acids is 2. The molecule has 1 aromatic carbocycles. The summed E-state index contributed by atoms with van der Waals surface area (Å²) >= 11 is 0. The molecule has 5 rings (SSSR count). The van der Waals surface area contributed by atoms with E-state index in [1.807, 2.05) is 5.32 Å². The third-order valence-corrected chi connectivity index (χ3v) is 6.94. The van der Waals surface area contributed by atoms with Crippen LogP contribution in [0.3, 0.4) is 0 Å². The summed E-state index contributed by atoms with van der Waals surface area (Å²) in [5, 5.41) is 11.2. The molecule has 1 aliphatic carbocycles. The first kappa shape index (κ1) is 26.7.